The molecule has 32 heavy (non-hydrogen) atoms. The first-order valence-electron chi connectivity index (χ1n) is 11.2. The smallest absolute Gasteiger partial charge is 0.293 e. The number of aryl methyl sites for hydroxylation is 1. The van der Waals surface area contributed by atoms with E-state index in [9.17, 15) is 9.59 Å². The Bertz CT molecular complexity index is 1110. The number of para-hydroxylation sites is 1. The van der Waals surface area contributed by atoms with Gasteiger partial charge in [0.2, 0.25) is 11.7 Å². The molecule has 164 valence electrons. The van der Waals surface area contributed by atoms with Gasteiger partial charge in [0.1, 0.15) is 5.82 Å². The van der Waals surface area contributed by atoms with Gasteiger partial charge in [0.05, 0.1) is 6.42 Å². The third-order valence-electron chi connectivity index (χ3n) is 6.80. The minimum Gasteiger partial charge on any atom is -0.342 e. The molecule has 3 heterocycles. The average molecular weight is 430 g/mol. The Morgan fingerprint density at radius 3 is 2.41 bits per heavy atom. The molecule has 1 spiro atoms. The normalized spacial score (nSPS) is 20.1. The average Bonchev–Trinajstić information content (AvgIpc) is 3.38. The molecule has 0 saturated carbocycles. The molecule has 0 bridgehead atoms. The zero-order valence-corrected chi connectivity index (χ0v) is 18.0. The van der Waals surface area contributed by atoms with Crippen molar-refractivity contribution in [2.24, 2.45) is 5.41 Å². The third-order valence-corrected chi connectivity index (χ3v) is 6.80. The molecule has 0 radical (unpaired) electrons. The van der Waals surface area contributed by atoms with E-state index in [4.69, 9.17) is 0 Å². The Morgan fingerprint density at radius 2 is 1.62 bits per heavy atom. The van der Waals surface area contributed by atoms with Gasteiger partial charge in [-0.05, 0) is 42.4 Å². The van der Waals surface area contributed by atoms with E-state index >= 15 is 0 Å². The summed E-state index contributed by atoms with van der Waals surface area (Å²) < 4.78 is 1.96. The van der Waals surface area contributed by atoms with Gasteiger partial charge in [0.15, 0.2) is 0 Å². The lowest BCUT2D eigenvalue weighted by Gasteiger charge is -2.27. The molecule has 2 amide bonds. The Kier molecular flexibility index (Phi) is 5.47. The van der Waals surface area contributed by atoms with Gasteiger partial charge in [0, 0.05) is 31.7 Å². The minimum absolute atomic E-state index is 0.0836. The molecular formula is C25H27N5O2. The molecule has 7 heteroatoms. The standard InChI is InChI=1S/C25H27N5O2/c31-22(17-19-7-3-1-4-8-19)29-15-13-25(18-29)12-11-21-27-28-23(30(21)16-14-25)24(32)26-20-9-5-2-6-10-20/h1-10H,11-18H2,(H,26,32)/t25-/m0/s1. The Labute approximate surface area is 187 Å². The largest absolute Gasteiger partial charge is 0.342 e. The number of nitrogens with zero attached hydrogens (tertiary/aromatic N) is 4. The fourth-order valence-corrected chi connectivity index (χ4v) is 4.92. The molecule has 1 saturated heterocycles. The second-order valence-electron chi connectivity index (χ2n) is 8.89. The van der Waals surface area contributed by atoms with Gasteiger partial charge in [-0.2, -0.15) is 0 Å². The molecule has 5 rings (SSSR count). The molecule has 1 N–H and O–H groups in total. The van der Waals surface area contributed by atoms with Crippen molar-refractivity contribution >= 4 is 17.5 Å². The van der Waals surface area contributed by atoms with Crippen molar-refractivity contribution in [3.63, 3.8) is 0 Å². The number of aromatic nitrogens is 3. The number of anilines is 1. The summed E-state index contributed by atoms with van der Waals surface area (Å²) in [5.41, 5.74) is 1.88. The van der Waals surface area contributed by atoms with Crippen LogP contribution in [0.25, 0.3) is 0 Å². The highest BCUT2D eigenvalue weighted by Gasteiger charge is 2.41. The highest BCUT2D eigenvalue weighted by Crippen LogP contribution is 2.41. The van der Waals surface area contributed by atoms with Crippen LogP contribution in [0.3, 0.4) is 0 Å². The van der Waals surface area contributed by atoms with Gasteiger partial charge in [-0.1, -0.05) is 48.5 Å². The predicted molar refractivity (Wildman–Crippen MR) is 121 cm³/mol. The highest BCUT2D eigenvalue weighted by atomic mass is 16.2. The van der Waals surface area contributed by atoms with Gasteiger partial charge in [0.25, 0.3) is 5.91 Å². The third kappa shape index (κ3) is 4.15. The Hall–Kier alpha value is -3.48. The lowest BCUT2D eigenvalue weighted by atomic mass is 9.80. The van der Waals surface area contributed by atoms with Crippen molar-refractivity contribution < 1.29 is 9.59 Å². The molecule has 1 aromatic heterocycles. The quantitative estimate of drug-likeness (QED) is 0.690. The first-order valence-corrected chi connectivity index (χ1v) is 11.2. The van der Waals surface area contributed by atoms with E-state index in [1.165, 1.54) is 0 Å². The number of amides is 2. The fraction of sp³-hybridized carbons (Fsp3) is 0.360. The van der Waals surface area contributed by atoms with Gasteiger partial charge < -0.3 is 14.8 Å². The van der Waals surface area contributed by atoms with Crippen molar-refractivity contribution in [1.29, 1.82) is 0 Å². The van der Waals surface area contributed by atoms with Crippen LogP contribution in [0.1, 0.15) is 41.3 Å². The van der Waals surface area contributed by atoms with Gasteiger partial charge >= 0.3 is 0 Å². The van der Waals surface area contributed by atoms with Crippen LogP contribution >= 0.6 is 0 Å². The molecule has 1 atom stereocenters. The van der Waals surface area contributed by atoms with Crippen molar-refractivity contribution in [2.75, 3.05) is 18.4 Å². The Balaban J connectivity index is 1.24. The highest BCUT2D eigenvalue weighted by molar-refractivity contribution is 6.01. The summed E-state index contributed by atoms with van der Waals surface area (Å²) in [4.78, 5) is 27.7. The van der Waals surface area contributed by atoms with Crippen LogP contribution < -0.4 is 5.32 Å². The first-order chi connectivity index (χ1) is 15.6. The number of carbonyl (C=O) groups is 2. The van der Waals surface area contributed by atoms with E-state index in [2.05, 4.69) is 15.5 Å². The summed E-state index contributed by atoms with van der Waals surface area (Å²) in [6.07, 6.45) is 4.09. The van der Waals surface area contributed by atoms with E-state index in [1.807, 2.05) is 70.1 Å². The van der Waals surface area contributed by atoms with Gasteiger partial charge in [-0.15, -0.1) is 10.2 Å². The maximum atomic E-state index is 12.9. The molecule has 1 fully saturated rings. The summed E-state index contributed by atoms with van der Waals surface area (Å²) >= 11 is 0. The topological polar surface area (TPSA) is 80.1 Å². The summed E-state index contributed by atoms with van der Waals surface area (Å²) in [5.74, 6) is 1.17. The molecular weight excluding hydrogens is 402 g/mol. The van der Waals surface area contributed by atoms with Crippen LogP contribution in [0.2, 0.25) is 0 Å². The van der Waals surface area contributed by atoms with Crippen molar-refractivity contribution in [3.8, 4) is 0 Å². The Morgan fingerprint density at radius 1 is 0.906 bits per heavy atom. The maximum Gasteiger partial charge on any atom is 0.293 e. The number of likely N-dealkylation sites (tertiary alicyclic amines) is 1. The number of carbonyl (C=O) groups excluding carboxylic acids is 2. The lowest BCUT2D eigenvalue weighted by Crippen LogP contribution is -2.33. The van der Waals surface area contributed by atoms with Crippen LogP contribution in [0.5, 0.6) is 0 Å². The second kappa shape index (κ2) is 8.57. The van der Waals surface area contributed by atoms with E-state index < -0.39 is 0 Å². The van der Waals surface area contributed by atoms with E-state index in [0.717, 1.165) is 55.8 Å². The second-order valence-corrected chi connectivity index (χ2v) is 8.89. The molecule has 2 aliphatic heterocycles. The summed E-state index contributed by atoms with van der Waals surface area (Å²) in [6.45, 7) is 2.27. The lowest BCUT2D eigenvalue weighted by molar-refractivity contribution is -0.129. The van der Waals surface area contributed by atoms with E-state index in [0.29, 0.717) is 18.8 Å². The van der Waals surface area contributed by atoms with Crippen LogP contribution in [-0.2, 0) is 24.2 Å². The number of hydrogen-bond donors (Lipinski definition) is 1. The van der Waals surface area contributed by atoms with Crippen LogP contribution in [0, 0.1) is 5.41 Å². The molecule has 3 aromatic rings. The number of rotatable bonds is 4. The fourth-order valence-electron chi connectivity index (χ4n) is 4.92. The number of hydrogen-bond acceptors (Lipinski definition) is 4. The zero-order valence-electron chi connectivity index (χ0n) is 18.0. The van der Waals surface area contributed by atoms with E-state index in [-0.39, 0.29) is 17.2 Å². The molecule has 7 nitrogen and oxygen atoms in total. The summed E-state index contributed by atoms with van der Waals surface area (Å²) in [6, 6.07) is 19.3. The molecule has 0 unspecified atom stereocenters. The first kappa shape index (κ1) is 20.4. The number of fused-ring (bicyclic) bond motifs is 1. The molecule has 2 aromatic carbocycles. The predicted octanol–water partition coefficient (Wildman–Crippen LogP) is 3.33. The van der Waals surface area contributed by atoms with Crippen molar-refractivity contribution in [1.82, 2.24) is 19.7 Å². The monoisotopic (exact) mass is 429 g/mol. The SMILES string of the molecule is O=C(Nc1ccccc1)c1nnc2n1CC[C@]1(CC2)CCN(C(=O)Cc2ccccc2)C1. The maximum absolute atomic E-state index is 12.9. The van der Waals surface area contributed by atoms with Crippen LogP contribution in [-0.4, -0.2) is 44.6 Å². The summed E-state index contributed by atoms with van der Waals surface area (Å²) in [5, 5.41) is 11.4. The van der Waals surface area contributed by atoms with Crippen molar-refractivity contribution in [2.45, 2.75) is 38.6 Å². The van der Waals surface area contributed by atoms with Crippen molar-refractivity contribution in [3.05, 3.63) is 77.9 Å². The molecule has 0 aliphatic carbocycles. The number of benzene rings is 2. The zero-order chi connectivity index (χ0) is 22.0. The van der Waals surface area contributed by atoms with Crippen LogP contribution in [0.15, 0.2) is 60.7 Å². The van der Waals surface area contributed by atoms with Gasteiger partial charge in [-0.25, -0.2) is 0 Å². The summed E-state index contributed by atoms with van der Waals surface area (Å²) in [7, 11) is 0. The van der Waals surface area contributed by atoms with E-state index in [1.54, 1.807) is 0 Å². The van der Waals surface area contributed by atoms with Gasteiger partial charge in [-0.3, -0.25) is 9.59 Å². The van der Waals surface area contributed by atoms with Crippen LogP contribution in [0.4, 0.5) is 5.69 Å². The minimum atomic E-state index is -0.239. The molecule has 2 aliphatic rings. The number of nitrogens with one attached hydrogen (secondary N) is 1.